The van der Waals surface area contributed by atoms with Crippen LogP contribution < -0.4 is 11.1 Å². The first kappa shape index (κ1) is 11.4. The molecular formula is C13H15N3O. The summed E-state index contributed by atoms with van der Waals surface area (Å²) in [7, 11) is 0. The number of hydrogen-bond donors (Lipinski definition) is 3. The second-order valence-electron chi connectivity index (χ2n) is 3.77. The lowest BCUT2D eigenvalue weighted by Gasteiger charge is -2.17. The summed E-state index contributed by atoms with van der Waals surface area (Å²) in [5, 5.41) is 12.5. The van der Waals surface area contributed by atoms with Crippen LogP contribution in [0.15, 0.2) is 48.7 Å². The predicted octanol–water partition coefficient (Wildman–Crippen LogP) is 1.81. The third-order valence-corrected chi connectivity index (χ3v) is 2.49. The van der Waals surface area contributed by atoms with Gasteiger partial charge in [-0.3, -0.25) is 0 Å². The SMILES string of the molecule is Nc1ccc(N[C@@H](CO)c2ccccc2)nc1. The Morgan fingerprint density at radius 3 is 2.53 bits per heavy atom. The highest BCUT2D eigenvalue weighted by Gasteiger charge is 2.09. The number of hydrogen-bond acceptors (Lipinski definition) is 4. The van der Waals surface area contributed by atoms with E-state index < -0.39 is 0 Å². The third kappa shape index (κ3) is 2.95. The topological polar surface area (TPSA) is 71.2 Å². The van der Waals surface area contributed by atoms with E-state index in [4.69, 9.17) is 5.73 Å². The van der Waals surface area contributed by atoms with Crippen molar-refractivity contribution in [3.8, 4) is 0 Å². The zero-order chi connectivity index (χ0) is 12.1. The number of pyridine rings is 1. The number of benzene rings is 1. The normalized spacial score (nSPS) is 12.1. The summed E-state index contributed by atoms with van der Waals surface area (Å²) in [6, 6.07) is 13.2. The molecule has 0 unspecified atom stereocenters. The van der Waals surface area contributed by atoms with Crippen molar-refractivity contribution >= 4 is 11.5 Å². The van der Waals surface area contributed by atoms with Crippen LogP contribution in [0, 0.1) is 0 Å². The molecule has 0 bridgehead atoms. The first-order valence-corrected chi connectivity index (χ1v) is 5.43. The van der Waals surface area contributed by atoms with Crippen LogP contribution >= 0.6 is 0 Å². The number of rotatable bonds is 4. The Balaban J connectivity index is 2.13. The Morgan fingerprint density at radius 1 is 1.18 bits per heavy atom. The Morgan fingerprint density at radius 2 is 1.94 bits per heavy atom. The molecule has 4 heteroatoms. The minimum atomic E-state index is -0.160. The molecule has 1 atom stereocenters. The van der Waals surface area contributed by atoms with Gasteiger partial charge in [0.05, 0.1) is 24.5 Å². The lowest BCUT2D eigenvalue weighted by atomic mass is 10.1. The fourth-order valence-corrected chi connectivity index (χ4v) is 1.59. The van der Waals surface area contributed by atoms with Crippen molar-refractivity contribution in [3.63, 3.8) is 0 Å². The highest BCUT2D eigenvalue weighted by atomic mass is 16.3. The number of nitrogens with two attached hydrogens (primary N) is 1. The van der Waals surface area contributed by atoms with Crippen molar-refractivity contribution in [2.24, 2.45) is 0 Å². The number of nitrogens with one attached hydrogen (secondary N) is 1. The van der Waals surface area contributed by atoms with E-state index in [0.29, 0.717) is 11.5 Å². The van der Waals surface area contributed by atoms with Gasteiger partial charge in [-0.1, -0.05) is 30.3 Å². The number of aliphatic hydroxyl groups is 1. The highest BCUT2D eigenvalue weighted by molar-refractivity contribution is 5.45. The molecule has 0 saturated carbocycles. The Kier molecular flexibility index (Phi) is 3.57. The maximum Gasteiger partial charge on any atom is 0.126 e. The number of aliphatic hydroxyl groups excluding tert-OH is 1. The molecule has 4 nitrogen and oxygen atoms in total. The highest BCUT2D eigenvalue weighted by Crippen LogP contribution is 2.17. The average Bonchev–Trinajstić information content (AvgIpc) is 2.39. The summed E-state index contributed by atoms with van der Waals surface area (Å²) in [5.41, 5.74) is 7.20. The predicted molar refractivity (Wildman–Crippen MR) is 68.5 cm³/mol. The monoisotopic (exact) mass is 229 g/mol. The van der Waals surface area contributed by atoms with Crippen LogP contribution in [0.3, 0.4) is 0 Å². The minimum absolute atomic E-state index is 0.00999. The molecule has 0 amide bonds. The molecule has 0 radical (unpaired) electrons. The Hall–Kier alpha value is -2.07. The van der Waals surface area contributed by atoms with Gasteiger partial charge in [0.1, 0.15) is 5.82 Å². The van der Waals surface area contributed by atoms with Crippen LogP contribution in [0.4, 0.5) is 11.5 Å². The summed E-state index contributed by atoms with van der Waals surface area (Å²) in [6.45, 7) is 0.00999. The van der Waals surface area contributed by atoms with E-state index in [0.717, 1.165) is 5.56 Å². The molecule has 88 valence electrons. The zero-order valence-corrected chi connectivity index (χ0v) is 9.38. The lowest BCUT2D eigenvalue weighted by Crippen LogP contribution is -2.15. The number of nitrogens with zero attached hydrogens (tertiary/aromatic N) is 1. The fraction of sp³-hybridized carbons (Fsp3) is 0.154. The van der Waals surface area contributed by atoms with Crippen molar-refractivity contribution in [1.29, 1.82) is 0 Å². The van der Waals surface area contributed by atoms with Gasteiger partial charge < -0.3 is 16.2 Å². The van der Waals surface area contributed by atoms with Gasteiger partial charge in [-0.15, -0.1) is 0 Å². The maximum atomic E-state index is 9.38. The largest absolute Gasteiger partial charge is 0.397 e. The van der Waals surface area contributed by atoms with E-state index in [1.54, 1.807) is 18.3 Å². The van der Waals surface area contributed by atoms with Gasteiger partial charge >= 0.3 is 0 Å². The van der Waals surface area contributed by atoms with Crippen LogP contribution in [-0.4, -0.2) is 16.7 Å². The first-order valence-electron chi connectivity index (χ1n) is 5.43. The van der Waals surface area contributed by atoms with Crippen molar-refractivity contribution in [2.75, 3.05) is 17.7 Å². The van der Waals surface area contributed by atoms with E-state index in [2.05, 4.69) is 10.3 Å². The summed E-state index contributed by atoms with van der Waals surface area (Å²) >= 11 is 0. The van der Waals surface area contributed by atoms with Crippen molar-refractivity contribution < 1.29 is 5.11 Å². The smallest absolute Gasteiger partial charge is 0.126 e. The summed E-state index contributed by atoms with van der Waals surface area (Å²) < 4.78 is 0. The molecule has 1 heterocycles. The summed E-state index contributed by atoms with van der Waals surface area (Å²) in [4.78, 5) is 4.14. The van der Waals surface area contributed by atoms with Crippen molar-refractivity contribution in [1.82, 2.24) is 4.98 Å². The van der Waals surface area contributed by atoms with E-state index >= 15 is 0 Å². The molecule has 1 aromatic heterocycles. The summed E-state index contributed by atoms with van der Waals surface area (Å²) in [5.74, 6) is 0.696. The van der Waals surface area contributed by atoms with Crippen LogP contribution in [0.5, 0.6) is 0 Å². The Bertz CT molecular complexity index is 456. The maximum absolute atomic E-state index is 9.38. The average molecular weight is 229 g/mol. The van der Waals surface area contributed by atoms with E-state index in [9.17, 15) is 5.11 Å². The standard InChI is InChI=1S/C13H15N3O/c14-11-6-7-13(15-8-11)16-12(9-17)10-4-2-1-3-5-10/h1-8,12,17H,9,14H2,(H,15,16)/t12-/m0/s1. The van der Waals surface area contributed by atoms with Crippen molar-refractivity contribution in [2.45, 2.75) is 6.04 Å². The zero-order valence-electron chi connectivity index (χ0n) is 9.38. The quantitative estimate of drug-likeness (QED) is 0.747. The van der Waals surface area contributed by atoms with Crippen LogP contribution in [0.25, 0.3) is 0 Å². The molecule has 0 spiro atoms. The number of nitrogen functional groups attached to an aromatic ring is 1. The van der Waals surface area contributed by atoms with Gasteiger partial charge in [0.25, 0.3) is 0 Å². The number of anilines is 2. The van der Waals surface area contributed by atoms with Gasteiger partial charge in [0.2, 0.25) is 0 Å². The molecule has 0 saturated heterocycles. The number of aromatic nitrogens is 1. The second-order valence-corrected chi connectivity index (χ2v) is 3.77. The molecule has 4 N–H and O–H groups in total. The van der Waals surface area contributed by atoms with E-state index in [1.165, 1.54) is 0 Å². The third-order valence-electron chi connectivity index (χ3n) is 2.49. The van der Waals surface area contributed by atoms with Crippen LogP contribution in [0.1, 0.15) is 11.6 Å². The van der Waals surface area contributed by atoms with E-state index in [1.807, 2.05) is 30.3 Å². The lowest BCUT2D eigenvalue weighted by molar-refractivity contribution is 0.276. The fourth-order valence-electron chi connectivity index (χ4n) is 1.59. The second kappa shape index (κ2) is 5.32. The molecular weight excluding hydrogens is 214 g/mol. The van der Waals surface area contributed by atoms with Crippen LogP contribution in [-0.2, 0) is 0 Å². The molecule has 0 aliphatic rings. The van der Waals surface area contributed by atoms with Gasteiger partial charge in [-0.05, 0) is 17.7 Å². The molecule has 2 rings (SSSR count). The molecule has 1 aromatic carbocycles. The van der Waals surface area contributed by atoms with Gasteiger partial charge in [0, 0.05) is 0 Å². The first-order chi connectivity index (χ1) is 8.29. The molecule has 0 aliphatic heterocycles. The molecule has 2 aromatic rings. The molecule has 0 fully saturated rings. The molecule has 0 aliphatic carbocycles. The van der Waals surface area contributed by atoms with Crippen molar-refractivity contribution in [3.05, 3.63) is 54.2 Å². The van der Waals surface area contributed by atoms with Gasteiger partial charge in [0.15, 0.2) is 0 Å². The van der Waals surface area contributed by atoms with Gasteiger partial charge in [-0.25, -0.2) is 4.98 Å². The molecule has 17 heavy (non-hydrogen) atoms. The Labute approximate surface area is 100 Å². The van der Waals surface area contributed by atoms with Gasteiger partial charge in [-0.2, -0.15) is 0 Å². The van der Waals surface area contributed by atoms with Crippen LogP contribution in [0.2, 0.25) is 0 Å². The van der Waals surface area contributed by atoms with E-state index in [-0.39, 0.29) is 12.6 Å². The minimum Gasteiger partial charge on any atom is -0.397 e. The summed E-state index contributed by atoms with van der Waals surface area (Å²) in [6.07, 6.45) is 1.59.